The first kappa shape index (κ1) is 21.7. The summed E-state index contributed by atoms with van der Waals surface area (Å²) in [5.74, 6) is -1.31. The van der Waals surface area contributed by atoms with Gasteiger partial charge >= 0.3 is 5.97 Å². The molecule has 0 aromatic heterocycles. The second-order valence-corrected chi connectivity index (χ2v) is 6.08. The molecule has 0 fully saturated rings. The lowest BCUT2D eigenvalue weighted by atomic mass is 10.1. The number of esters is 1. The van der Waals surface area contributed by atoms with Gasteiger partial charge in [0.1, 0.15) is 5.56 Å². The number of nitrogens with one attached hydrogen (secondary N) is 1. The fraction of sp³-hybridized carbons (Fsp3) is 0.300. The third-order valence-electron chi connectivity index (χ3n) is 4.21. The molecule has 0 radical (unpaired) electrons. The molecule has 0 aliphatic rings. The molecule has 1 N–H and O–H groups in total. The van der Waals surface area contributed by atoms with E-state index in [-0.39, 0.29) is 23.7 Å². The number of nitro groups is 1. The first-order valence-corrected chi connectivity index (χ1v) is 8.80. The molecule has 0 bridgehead atoms. The molecule has 0 unspecified atom stereocenters. The Kier molecular flexibility index (Phi) is 7.13. The van der Waals surface area contributed by atoms with Gasteiger partial charge in [-0.1, -0.05) is 12.1 Å². The zero-order valence-corrected chi connectivity index (χ0v) is 16.6. The summed E-state index contributed by atoms with van der Waals surface area (Å²) in [6, 6.07) is 7.68. The maximum atomic E-state index is 12.4. The van der Waals surface area contributed by atoms with Gasteiger partial charge in [0.25, 0.3) is 11.6 Å². The monoisotopic (exact) mass is 402 g/mol. The molecule has 2 aromatic carbocycles. The Labute approximate surface area is 167 Å². The average molecular weight is 402 g/mol. The predicted octanol–water partition coefficient (Wildman–Crippen LogP) is 3.41. The van der Waals surface area contributed by atoms with Crippen LogP contribution in [0.2, 0.25) is 0 Å². The van der Waals surface area contributed by atoms with Gasteiger partial charge < -0.3 is 19.5 Å². The number of hydrogen-bond acceptors (Lipinski definition) is 7. The van der Waals surface area contributed by atoms with E-state index in [0.717, 1.165) is 17.2 Å². The Morgan fingerprint density at radius 3 is 2.52 bits per heavy atom. The number of methoxy groups -OCH3 is 1. The first-order chi connectivity index (χ1) is 13.8. The second kappa shape index (κ2) is 9.54. The number of aryl methyl sites for hydroxylation is 1. The Morgan fingerprint density at radius 1 is 1.17 bits per heavy atom. The number of rotatable bonds is 8. The van der Waals surface area contributed by atoms with Crippen molar-refractivity contribution in [2.75, 3.05) is 25.6 Å². The van der Waals surface area contributed by atoms with Gasteiger partial charge in [-0.2, -0.15) is 0 Å². The lowest BCUT2D eigenvalue weighted by molar-refractivity contribution is -0.385. The lowest BCUT2D eigenvalue weighted by Crippen LogP contribution is -2.22. The molecule has 0 saturated heterocycles. The molecular formula is C20H22N2O7. The highest BCUT2D eigenvalue weighted by atomic mass is 16.6. The van der Waals surface area contributed by atoms with Crippen LogP contribution in [0, 0.1) is 24.0 Å². The first-order valence-electron chi connectivity index (χ1n) is 8.80. The Hall–Kier alpha value is -3.62. The molecule has 0 aliphatic heterocycles. The van der Waals surface area contributed by atoms with Crippen molar-refractivity contribution in [2.24, 2.45) is 0 Å². The largest absolute Gasteiger partial charge is 0.493 e. The maximum Gasteiger partial charge on any atom is 0.345 e. The molecule has 29 heavy (non-hydrogen) atoms. The van der Waals surface area contributed by atoms with Crippen LogP contribution in [0.25, 0.3) is 0 Å². The van der Waals surface area contributed by atoms with Crippen molar-refractivity contribution in [1.82, 2.24) is 0 Å². The fourth-order valence-corrected chi connectivity index (χ4v) is 2.57. The summed E-state index contributed by atoms with van der Waals surface area (Å²) in [4.78, 5) is 35.1. The Morgan fingerprint density at radius 2 is 1.90 bits per heavy atom. The molecule has 0 aliphatic carbocycles. The molecule has 0 heterocycles. The zero-order chi connectivity index (χ0) is 21.6. The smallest absolute Gasteiger partial charge is 0.345 e. The normalized spacial score (nSPS) is 10.2. The van der Waals surface area contributed by atoms with E-state index in [0.29, 0.717) is 5.69 Å². The van der Waals surface area contributed by atoms with E-state index in [1.165, 1.54) is 13.2 Å². The minimum atomic E-state index is -1.02. The van der Waals surface area contributed by atoms with Gasteiger partial charge in [0.15, 0.2) is 18.1 Å². The van der Waals surface area contributed by atoms with Gasteiger partial charge in [-0.05, 0) is 38.0 Å². The van der Waals surface area contributed by atoms with E-state index in [2.05, 4.69) is 5.32 Å². The van der Waals surface area contributed by atoms with Crippen molar-refractivity contribution < 1.29 is 28.7 Å². The molecular weight excluding hydrogens is 380 g/mol. The van der Waals surface area contributed by atoms with Crippen molar-refractivity contribution >= 4 is 23.3 Å². The van der Waals surface area contributed by atoms with Gasteiger partial charge in [0.2, 0.25) is 0 Å². The number of amides is 1. The van der Waals surface area contributed by atoms with Gasteiger partial charge in [-0.25, -0.2) is 4.79 Å². The van der Waals surface area contributed by atoms with Crippen LogP contribution >= 0.6 is 0 Å². The standard InChI is InChI=1S/C20H22N2O7/c1-5-28-18-9-14(16(22(25)26)10-17(18)27-4)20(24)29-11-19(23)21-15-8-6-7-12(2)13(15)3/h6-10H,5,11H2,1-4H3,(H,21,23). The summed E-state index contributed by atoms with van der Waals surface area (Å²) in [5.41, 5.74) is 1.64. The summed E-state index contributed by atoms with van der Waals surface area (Å²) in [6.07, 6.45) is 0. The van der Waals surface area contributed by atoms with E-state index in [1.807, 2.05) is 19.9 Å². The van der Waals surface area contributed by atoms with Gasteiger partial charge in [0.05, 0.1) is 24.7 Å². The van der Waals surface area contributed by atoms with Gasteiger partial charge in [-0.3, -0.25) is 14.9 Å². The Bertz CT molecular complexity index is 941. The minimum Gasteiger partial charge on any atom is -0.493 e. The van der Waals surface area contributed by atoms with Crippen LogP contribution in [0.3, 0.4) is 0 Å². The van der Waals surface area contributed by atoms with Crippen LogP contribution in [-0.2, 0) is 9.53 Å². The van der Waals surface area contributed by atoms with E-state index in [4.69, 9.17) is 14.2 Å². The highest BCUT2D eigenvalue weighted by Gasteiger charge is 2.26. The van der Waals surface area contributed by atoms with Crippen molar-refractivity contribution in [2.45, 2.75) is 20.8 Å². The summed E-state index contributed by atoms with van der Waals surface area (Å²) in [6.45, 7) is 5.15. The Balaban J connectivity index is 2.17. The van der Waals surface area contributed by atoms with Crippen molar-refractivity contribution in [3.05, 3.63) is 57.1 Å². The van der Waals surface area contributed by atoms with Gasteiger partial charge in [-0.15, -0.1) is 0 Å². The summed E-state index contributed by atoms with van der Waals surface area (Å²) >= 11 is 0. The minimum absolute atomic E-state index is 0.114. The van der Waals surface area contributed by atoms with Crippen molar-refractivity contribution in [1.29, 1.82) is 0 Å². The molecule has 0 spiro atoms. The topological polar surface area (TPSA) is 117 Å². The summed E-state index contributed by atoms with van der Waals surface area (Å²) in [7, 11) is 1.33. The summed E-state index contributed by atoms with van der Waals surface area (Å²) < 4.78 is 15.4. The third kappa shape index (κ3) is 5.22. The fourth-order valence-electron chi connectivity index (χ4n) is 2.57. The number of benzene rings is 2. The van der Waals surface area contributed by atoms with Crippen molar-refractivity contribution in [3.63, 3.8) is 0 Å². The molecule has 1 amide bonds. The molecule has 2 aromatic rings. The second-order valence-electron chi connectivity index (χ2n) is 6.08. The van der Waals surface area contributed by atoms with Crippen LogP contribution < -0.4 is 14.8 Å². The highest BCUT2D eigenvalue weighted by Crippen LogP contribution is 2.35. The molecule has 0 saturated carbocycles. The van der Waals surface area contributed by atoms with E-state index in [1.54, 1.807) is 19.1 Å². The van der Waals surface area contributed by atoms with Crippen LogP contribution in [-0.4, -0.2) is 37.1 Å². The average Bonchev–Trinajstić information content (AvgIpc) is 2.69. The van der Waals surface area contributed by atoms with E-state index in [9.17, 15) is 19.7 Å². The molecule has 2 rings (SSSR count). The van der Waals surface area contributed by atoms with Crippen LogP contribution in [0.4, 0.5) is 11.4 Å². The van der Waals surface area contributed by atoms with Gasteiger partial charge in [0, 0.05) is 11.8 Å². The number of anilines is 1. The zero-order valence-electron chi connectivity index (χ0n) is 16.6. The van der Waals surface area contributed by atoms with Crippen LogP contribution in [0.5, 0.6) is 11.5 Å². The third-order valence-corrected chi connectivity index (χ3v) is 4.21. The highest BCUT2D eigenvalue weighted by molar-refractivity contribution is 5.98. The number of hydrogen-bond donors (Lipinski definition) is 1. The predicted molar refractivity (Wildman–Crippen MR) is 106 cm³/mol. The molecule has 154 valence electrons. The van der Waals surface area contributed by atoms with Crippen LogP contribution in [0.15, 0.2) is 30.3 Å². The van der Waals surface area contributed by atoms with E-state index < -0.39 is 29.1 Å². The SMILES string of the molecule is CCOc1cc(C(=O)OCC(=O)Nc2cccc(C)c2C)c([N+](=O)[O-])cc1OC. The quantitative estimate of drug-likeness (QED) is 0.408. The number of nitrogens with zero attached hydrogens (tertiary/aromatic N) is 1. The number of carbonyl (C=O) groups is 2. The number of ether oxygens (including phenoxy) is 3. The molecule has 9 heteroatoms. The molecule has 9 nitrogen and oxygen atoms in total. The lowest BCUT2D eigenvalue weighted by Gasteiger charge is -2.12. The van der Waals surface area contributed by atoms with E-state index >= 15 is 0 Å². The van der Waals surface area contributed by atoms with Crippen molar-refractivity contribution in [3.8, 4) is 11.5 Å². The van der Waals surface area contributed by atoms with Crippen LogP contribution in [0.1, 0.15) is 28.4 Å². The summed E-state index contributed by atoms with van der Waals surface area (Å²) in [5, 5.41) is 14.0. The maximum absolute atomic E-state index is 12.4. The number of carbonyl (C=O) groups excluding carboxylic acids is 2. The molecule has 0 atom stereocenters. The number of nitro benzene ring substituents is 1.